The first kappa shape index (κ1) is 26.0. The first-order valence-corrected chi connectivity index (χ1v) is 11.3. The van der Waals surface area contributed by atoms with Crippen LogP contribution in [0.4, 0.5) is 0 Å². The van der Waals surface area contributed by atoms with Crippen LogP contribution in [0.1, 0.15) is 47.1 Å². The first-order chi connectivity index (χ1) is 17.1. The Balaban J connectivity index is 0.000000205. The second-order valence-corrected chi connectivity index (χ2v) is 8.89. The zero-order valence-electron chi connectivity index (χ0n) is 20.3. The Hall–Kier alpha value is -4.58. The minimum Gasteiger partial charge on any atom is -0.478 e. The number of carboxylic acid groups (broad SMARTS) is 2. The van der Waals surface area contributed by atoms with E-state index >= 15 is 0 Å². The van der Waals surface area contributed by atoms with Gasteiger partial charge in [-0.1, -0.05) is 75.4 Å². The Morgan fingerprint density at radius 1 is 0.556 bits per heavy atom. The average Bonchev–Trinajstić information content (AvgIpc) is 2.85. The van der Waals surface area contributed by atoms with Crippen LogP contribution in [0.15, 0.2) is 103 Å². The molecule has 0 atom stereocenters. The van der Waals surface area contributed by atoms with Crippen molar-refractivity contribution in [2.24, 2.45) is 0 Å². The van der Waals surface area contributed by atoms with Gasteiger partial charge >= 0.3 is 11.9 Å². The number of hydrogen-bond donors (Lipinski definition) is 2. The van der Waals surface area contributed by atoms with Gasteiger partial charge in [0.05, 0.1) is 0 Å². The third-order valence-electron chi connectivity index (χ3n) is 5.15. The van der Waals surface area contributed by atoms with Gasteiger partial charge in [0.1, 0.15) is 34.1 Å². The molecule has 0 spiro atoms. The molecule has 0 aliphatic carbocycles. The van der Waals surface area contributed by atoms with Crippen molar-refractivity contribution < 1.29 is 29.3 Å². The summed E-state index contributed by atoms with van der Waals surface area (Å²) >= 11 is 0. The molecular weight excluding hydrogens is 456 g/mol. The fourth-order valence-corrected chi connectivity index (χ4v) is 3.23. The predicted octanol–water partition coefficient (Wildman–Crippen LogP) is 7.65. The smallest absolute Gasteiger partial charge is 0.339 e. The fraction of sp³-hybridized carbons (Fsp3) is 0.133. The SMILES string of the molecule is CC(C)(C)c1ccc(Oc2ccccc2C(=O)O)cc1.O=C(O)c1ccccc1Oc1ccccc1. The highest BCUT2D eigenvalue weighted by atomic mass is 16.5. The summed E-state index contributed by atoms with van der Waals surface area (Å²) in [5, 5.41) is 18.1. The van der Waals surface area contributed by atoms with Gasteiger partial charge in [-0.3, -0.25) is 0 Å². The molecule has 6 nitrogen and oxygen atoms in total. The number of rotatable bonds is 6. The Morgan fingerprint density at radius 2 is 0.944 bits per heavy atom. The lowest BCUT2D eigenvalue weighted by molar-refractivity contribution is 0.0683. The quantitative estimate of drug-likeness (QED) is 0.292. The lowest BCUT2D eigenvalue weighted by Gasteiger charge is -2.19. The molecule has 4 aromatic rings. The summed E-state index contributed by atoms with van der Waals surface area (Å²) in [5.74, 6) is -0.0361. The fourth-order valence-electron chi connectivity index (χ4n) is 3.23. The molecule has 0 fully saturated rings. The monoisotopic (exact) mass is 484 g/mol. The Bertz CT molecular complexity index is 1310. The zero-order valence-corrected chi connectivity index (χ0v) is 20.3. The van der Waals surface area contributed by atoms with Gasteiger partial charge in [0.25, 0.3) is 0 Å². The molecular formula is C30H28O6. The topological polar surface area (TPSA) is 93.1 Å². The van der Waals surface area contributed by atoms with Crippen molar-refractivity contribution in [1.82, 2.24) is 0 Å². The molecule has 0 heterocycles. The van der Waals surface area contributed by atoms with Crippen LogP contribution in [0.2, 0.25) is 0 Å². The summed E-state index contributed by atoms with van der Waals surface area (Å²) in [6, 6.07) is 30.0. The minimum atomic E-state index is -0.994. The van der Waals surface area contributed by atoms with E-state index in [4.69, 9.17) is 19.7 Å². The number of ether oxygens (including phenoxy) is 2. The van der Waals surface area contributed by atoms with Gasteiger partial charge in [-0.25, -0.2) is 9.59 Å². The molecule has 184 valence electrons. The van der Waals surface area contributed by atoms with E-state index in [2.05, 4.69) is 20.8 Å². The van der Waals surface area contributed by atoms with Crippen molar-refractivity contribution in [2.45, 2.75) is 26.2 Å². The normalized spacial score (nSPS) is 10.5. The van der Waals surface area contributed by atoms with Gasteiger partial charge < -0.3 is 19.7 Å². The van der Waals surface area contributed by atoms with Crippen LogP contribution >= 0.6 is 0 Å². The molecule has 0 amide bonds. The maximum Gasteiger partial charge on any atom is 0.339 e. The van der Waals surface area contributed by atoms with E-state index in [1.165, 1.54) is 17.7 Å². The third-order valence-corrected chi connectivity index (χ3v) is 5.15. The van der Waals surface area contributed by atoms with Gasteiger partial charge in [-0.05, 0) is 59.5 Å². The van der Waals surface area contributed by atoms with Gasteiger partial charge in [0.2, 0.25) is 0 Å². The number of benzene rings is 4. The van der Waals surface area contributed by atoms with E-state index in [0.717, 1.165) is 0 Å². The number of para-hydroxylation sites is 3. The van der Waals surface area contributed by atoms with Crippen LogP contribution in [0, 0.1) is 0 Å². The van der Waals surface area contributed by atoms with E-state index < -0.39 is 11.9 Å². The van der Waals surface area contributed by atoms with E-state index in [-0.39, 0.29) is 16.5 Å². The Labute approximate surface area is 210 Å². The summed E-state index contributed by atoms with van der Waals surface area (Å²) < 4.78 is 11.1. The lowest BCUT2D eigenvalue weighted by atomic mass is 9.87. The molecule has 2 N–H and O–H groups in total. The minimum absolute atomic E-state index is 0.0809. The summed E-state index contributed by atoms with van der Waals surface area (Å²) in [6.45, 7) is 6.42. The summed E-state index contributed by atoms with van der Waals surface area (Å²) in [7, 11) is 0. The molecule has 0 bridgehead atoms. The van der Waals surface area contributed by atoms with Gasteiger partial charge in [0.15, 0.2) is 0 Å². The van der Waals surface area contributed by atoms with Crippen LogP contribution in [-0.2, 0) is 5.41 Å². The molecule has 4 aromatic carbocycles. The summed E-state index contributed by atoms with van der Waals surface area (Å²) in [4.78, 5) is 22.0. The maximum absolute atomic E-state index is 11.1. The number of carbonyl (C=O) groups is 2. The van der Waals surface area contributed by atoms with Crippen LogP contribution < -0.4 is 9.47 Å². The molecule has 0 unspecified atom stereocenters. The molecule has 0 aromatic heterocycles. The molecule has 0 radical (unpaired) electrons. The van der Waals surface area contributed by atoms with E-state index in [0.29, 0.717) is 23.0 Å². The highest BCUT2D eigenvalue weighted by Crippen LogP contribution is 2.29. The van der Waals surface area contributed by atoms with E-state index in [1.54, 1.807) is 48.5 Å². The highest BCUT2D eigenvalue weighted by molar-refractivity contribution is 5.91. The molecule has 36 heavy (non-hydrogen) atoms. The average molecular weight is 485 g/mol. The molecule has 0 aliphatic rings. The lowest BCUT2D eigenvalue weighted by Crippen LogP contribution is -2.10. The van der Waals surface area contributed by atoms with Crippen molar-refractivity contribution in [3.8, 4) is 23.0 Å². The van der Waals surface area contributed by atoms with Crippen molar-refractivity contribution in [1.29, 1.82) is 0 Å². The van der Waals surface area contributed by atoms with Crippen LogP contribution in [-0.4, -0.2) is 22.2 Å². The van der Waals surface area contributed by atoms with Crippen molar-refractivity contribution in [3.63, 3.8) is 0 Å². The van der Waals surface area contributed by atoms with E-state index in [9.17, 15) is 9.59 Å². The second-order valence-electron chi connectivity index (χ2n) is 8.89. The largest absolute Gasteiger partial charge is 0.478 e. The van der Waals surface area contributed by atoms with E-state index in [1.807, 2.05) is 42.5 Å². The molecule has 0 saturated carbocycles. The number of hydrogen-bond acceptors (Lipinski definition) is 4. The Kier molecular flexibility index (Phi) is 8.47. The molecule has 0 aliphatic heterocycles. The van der Waals surface area contributed by atoms with Crippen LogP contribution in [0.25, 0.3) is 0 Å². The Morgan fingerprint density at radius 3 is 1.36 bits per heavy atom. The zero-order chi connectivity index (χ0) is 26.1. The highest BCUT2D eigenvalue weighted by Gasteiger charge is 2.14. The molecule has 4 rings (SSSR count). The van der Waals surface area contributed by atoms with Gasteiger partial charge in [0, 0.05) is 0 Å². The maximum atomic E-state index is 11.1. The molecule has 0 saturated heterocycles. The van der Waals surface area contributed by atoms with Crippen molar-refractivity contribution in [3.05, 3.63) is 120 Å². The van der Waals surface area contributed by atoms with Gasteiger partial charge in [-0.15, -0.1) is 0 Å². The number of carboxylic acids is 2. The third kappa shape index (κ3) is 7.21. The standard InChI is InChI=1S/C17H18O3.C13H10O3/c1-17(2,3)12-8-10-13(11-9-12)20-15-7-5-4-6-14(15)16(18)19;14-13(15)11-8-4-5-9-12(11)16-10-6-2-1-3-7-10/h4-11H,1-3H3,(H,18,19);1-9H,(H,14,15). The van der Waals surface area contributed by atoms with Crippen LogP contribution in [0.5, 0.6) is 23.0 Å². The summed E-state index contributed by atoms with van der Waals surface area (Å²) in [5.41, 5.74) is 1.60. The predicted molar refractivity (Wildman–Crippen MR) is 139 cm³/mol. The number of aromatic carboxylic acids is 2. The van der Waals surface area contributed by atoms with Crippen molar-refractivity contribution in [2.75, 3.05) is 0 Å². The second kappa shape index (κ2) is 11.7. The van der Waals surface area contributed by atoms with Crippen LogP contribution in [0.3, 0.4) is 0 Å². The van der Waals surface area contributed by atoms with Crippen molar-refractivity contribution >= 4 is 11.9 Å². The first-order valence-electron chi connectivity index (χ1n) is 11.3. The molecule has 6 heteroatoms. The van der Waals surface area contributed by atoms with Gasteiger partial charge in [-0.2, -0.15) is 0 Å². The summed E-state index contributed by atoms with van der Waals surface area (Å²) in [6.07, 6.45) is 0.